The van der Waals surface area contributed by atoms with Crippen LogP contribution in [0.4, 0.5) is 0 Å². The summed E-state index contributed by atoms with van der Waals surface area (Å²) in [5.74, 6) is 3.08. The number of fused-ring (bicyclic) bond motifs is 5. The van der Waals surface area contributed by atoms with Gasteiger partial charge in [-0.25, -0.2) is 0 Å². The lowest BCUT2D eigenvalue weighted by molar-refractivity contribution is -0.138. The van der Waals surface area contributed by atoms with Crippen molar-refractivity contribution in [1.82, 2.24) is 4.90 Å². The summed E-state index contributed by atoms with van der Waals surface area (Å²) in [5, 5.41) is 21.8. The number of hydrogen-bond acceptors (Lipinski definition) is 3. The predicted molar refractivity (Wildman–Crippen MR) is 104 cm³/mol. The zero-order valence-electron chi connectivity index (χ0n) is 16.9. The fourth-order valence-corrected chi connectivity index (χ4v) is 8.74. The van der Waals surface area contributed by atoms with Crippen molar-refractivity contribution in [2.24, 2.45) is 34.5 Å². The molecule has 8 unspecified atom stereocenters. The van der Waals surface area contributed by atoms with Crippen LogP contribution in [-0.2, 0) is 0 Å². The topological polar surface area (TPSA) is 43.7 Å². The maximum absolute atomic E-state index is 11.4. The van der Waals surface area contributed by atoms with E-state index in [-0.39, 0.29) is 17.6 Å². The molecule has 26 heavy (non-hydrogen) atoms. The van der Waals surface area contributed by atoms with Gasteiger partial charge >= 0.3 is 0 Å². The Morgan fingerprint density at radius 1 is 0.846 bits per heavy atom. The van der Waals surface area contributed by atoms with Crippen LogP contribution in [0, 0.1) is 34.5 Å². The summed E-state index contributed by atoms with van der Waals surface area (Å²) < 4.78 is 0. The Bertz CT molecular complexity index is 546. The number of nitrogens with zero attached hydrogens (tertiary/aromatic N) is 1. The highest BCUT2D eigenvalue weighted by atomic mass is 16.3. The summed E-state index contributed by atoms with van der Waals surface area (Å²) in [4.78, 5) is 2.61. The van der Waals surface area contributed by atoms with Crippen LogP contribution in [0.5, 0.6) is 0 Å². The third-order valence-corrected chi connectivity index (χ3v) is 10.2. The van der Waals surface area contributed by atoms with Gasteiger partial charge in [-0.15, -0.1) is 0 Å². The third-order valence-electron chi connectivity index (χ3n) is 10.2. The van der Waals surface area contributed by atoms with Crippen LogP contribution in [0.15, 0.2) is 0 Å². The molecular weight excluding hydrogens is 322 g/mol. The second-order valence-corrected chi connectivity index (χ2v) is 11.1. The van der Waals surface area contributed by atoms with Gasteiger partial charge in [-0.1, -0.05) is 13.8 Å². The molecule has 0 spiro atoms. The molecule has 5 rings (SSSR count). The minimum Gasteiger partial charge on any atom is -0.393 e. The largest absolute Gasteiger partial charge is 0.393 e. The Balaban J connectivity index is 1.42. The van der Waals surface area contributed by atoms with Gasteiger partial charge < -0.3 is 10.2 Å². The molecule has 2 N–H and O–H groups in total. The smallest absolute Gasteiger partial charge is 0.0751 e. The highest BCUT2D eigenvalue weighted by molar-refractivity contribution is 5.13. The van der Waals surface area contributed by atoms with Crippen LogP contribution in [0.3, 0.4) is 0 Å². The van der Waals surface area contributed by atoms with Gasteiger partial charge in [0.2, 0.25) is 0 Å². The highest BCUT2D eigenvalue weighted by Gasteiger charge is 2.62. The van der Waals surface area contributed by atoms with Gasteiger partial charge in [-0.2, -0.15) is 0 Å². The molecule has 4 saturated carbocycles. The highest BCUT2D eigenvalue weighted by Crippen LogP contribution is 2.66. The van der Waals surface area contributed by atoms with Crippen LogP contribution in [0.2, 0.25) is 0 Å². The summed E-state index contributed by atoms with van der Waals surface area (Å²) in [6, 6.07) is 0.411. The van der Waals surface area contributed by atoms with Gasteiger partial charge in [0.15, 0.2) is 0 Å². The van der Waals surface area contributed by atoms with Gasteiger partial charge in [0.25, 0.3) is 0 Å². The Labute approximate surface area is 159 Å². The number of aliphatic hydroxyl groups is 2. The molecule has 3 heteroatoms. The van der Waals surface area contributed by atoms with Gasteiger partial charge in [0, 0.05) is 6.04 Å². The lowest BCUT2D eigenvalue weighted by Gasteiger charge is -2.60. The molecule has 0 aromatic rings. The molecule has 0 amide bonds. The summed E-state index contributed by atoms with van der Waals surface area (Å²) in [7, 11) is 0. The van der Waals surface area contributed by atoms with Crippen molar-refractivity contribution in [2.45, 2.75) is 96.3 Å². The Morgan fingerprint density at radius 2 is 1.58 bits per heavy atom. The maximum atomic E-state index is 11.4. The minimum absolute atomic E-state index is 0.0742. The van der Waals surface area contributed by atoms with Crippen LogP contribution >= 0.6 is 0 Å². The molecule has 5 fully saturated rings. The molecule has 148 valence electrons. The first kappa shape index (κ1) is 17.9. The molecule has 0 radical (unpaired) electrons. The molecule has 0 bridgehead atoms. The van der Waals surface area contributed by atoms with Crippen molar-refractivity contribution in [3.63, 3.8) is 0 Å². The maximum Gasteiger partial charge on any atom is 0.0751 e. The molecule has 0 aromatic heterocycles. The molecule has 1 heterocycles. The zero-order valence-corrected chi connectivity index (χ0v) is 16.9. The normalized spacial score (nSPS) is 57.5. The summed E-state index contributed by atoms with van der Waals surface area (Å²) in [6.07, 6.45) is 12.1. The lowest BCUT2D eigenvalue weighted by atomic mass is 9.45. The zero-order chi connectivity index (χ0) is 18.1. The van der Waals surface area contributed by atoms with E-state index in [2.05, 4.69) is 18.7 Å². The van der Waals surface area contributed by atoms with E-state index < -0.39 is 0 Å². The van der Waals surface area contributed by atoms with E-state index in [0.717, 1.165) is 30.6 Å². The number of rotatable bonds is 1. The number of aliphatic hydroxyl groups excluding tert-OH is 2. The van der Waals surface area contributed by atoms with E-state index in [9.17, 15) is 10.2 Å². The number of likely N-dealkylation sites (tertiary alicyclic amines) is 1. The first-order valence-corrected chi connectivity index (χ1v) is 11.5. The monoisotopic (exact) mass is 361 g/mol. The molecule has 0 aromatic carbocycles. The van der Waals surface area contributed by atoms with Crippen LogP contribution in [-0.4, -0.2) is 46.5 Å². The van der Waals surface area contributed by atoms with Gasteiger partial charge in [-0.3, -0.25) is 4.90 Å². The quantitative estimate of drug-likeness (QED) is 0.746. The minimum atomic E-state index is -0.131. The van der Waals surface area contributed by atoms with Crippen molar-refractivity contribution in [2.75, 3.05) is 13.1 Å². The predicted octanol–water partition coefficient (Wildman–Crippen LogP) is 3.83. The SMILES string of the molecule is CC12CC(O)CCC1CCC1C2CCC2(C)C1CC(N1CCCC1)[C@@H]2O. The first-order valence-electron chi connectivity index (χ1n) is 11.5. The standard InChI is InChI=1S/C23H39NO2/c1-22-10-9-18-17(8-6-15-5-7-16(25)14-23(15,18)2)19(22)13-20(21(22)26)24-11-3-4-12-24/h15-21,25-26H,3-14H2,1-2H3/t15?,16?,17?,18?,19?,20?,21-,22?,23?/m0/s1. The summed E-state index contributed by atoms with van der Waals surface area (Å²) in [5.41, 5.74) is 0.476. The Kier molecular flexibility index (Phi) is 4.27. The Morgan fingerprint density at radius 3 is 2.35 bits per heavy atom. The van der Waals surface area contributed by atoms with E-state index in [0.29, 0.717) is 17.4 Å². The fourth-order valence-electron chi connectivity index (χ4n) is 8.74. The van der Waals surface area contributed by atoms with E-state index in [1.54, 1.807) is 0 Å². The Hall–Kier alpha value is -0.120. The summed E-state index contributed by atoms with van der Waals surface area (Å²) >= 11 is 0. The van der Waals surface area contributed by atoms with Crippen molar-refractivity contribution in [3.8, 4) is 0 Å². The van der Waals surface area contributed by atoms with Crippen molar-refractivity contribution >= 4 is 0 Å². The molecule has 4 aliphatic carbocycles. The summed E-state index contributed by atoms with van der Waals surface area (Å²) in [6.45, 7) is 7.33. The number of hydrogen-bond donors (Lipinski definition) is 2. The molecule has 1 aliphatic heterocycles. The molecule has 5 aliphatic rings. The lowest BCUT2D eigenvalue weighted by Crippen LogP contribution is -2.55. The van der Waals surface area contributed by atoms with Gasteiger partial charge in [0.05, 0.1) is 12.2 Å². The second kappa shape index (κ2) is 6.19. The molecule has 3 nitrogen and oxygen atoms in total. The van der Waals surface area contributed by atoms with Crippen LogP contribution in [0.25, 0.3) is 0 Å². The van der Waals surface area contributed by atoms with E-state index in [4.69, 9.17) is 0 Å². The van der Waals surface area contributed by atoms with Gasteiger partial charge in [0.1, 0.15) is 0 Å². The molecule has 1 saturated heterocycles. The second-order valence-electron chi connectivity index (χ2n) is 11.1. The van der Waals surface area contributed by atoms with E-state index in [1.165, 1.54) is 64.5 Å². The van der Waals surface area contributed by atoms with Gasteiger partial charge in [-0.05, 0) is 112 Å². The van der Waals surface area contributed by atoms with Crippen molar-refractivity contribution < 1.29 is 10.2 Å². The third kappa shape index (κ3) is 2.42. The average Bonchev–Trinajstić information content (AvgIpc) is 3.21. The fraction of sp³-hybridized carbons (Fsp3) is 1.00. The van der Waals surface area contributed by atoms with Crippen molar-refractivity contribution in [3.05, 3.63) is 0 Å². The molecule has 9 atom stereocenters. The van der Waals surface area contributed by atoms with Crippen LogP contribution in [0.1, 0.15) is 78.1 Å². The van der Waals surface area contributed by atoms with Crippen LogP contribution < -0.4 is 0 Å². The average molecular weight is 362 g/mol. The first-order chi connectivity index (χ1) is 12.4. The van der Waals surface area contributed by atoms with E-state index >= 15 is 0 Å². The molecular formula is C23H39NO2. The van der Waals surface area contributed by atoms with Crippen molar-refractivity contribution in [1.29, 1.82) is 0 Å². The van der Waals surface area contributed by atoms with E-state index in [1.807, 2.05) is 0 Å².